The van der Waals surface area contributed by atoms with Gasteiger partial charge >= 0.3 is 0 Å². The van der Waals surface area contributed by atoms with Crippen molar-refractivity contribution >= 4 is 21.8 Å². The summed E-state index contributed by atoms with van der Waals surface area (Å²) in [5.74, 6) is 0.466. The number of carbonyl (C=O) groups is 1. The van der Waals surface area contributed by atoms with Gasteiger partial charge in [0.15, 0.2) is 0 Å². The van der Waals surface area contributed by atoms with Gasteiger partial charge in [-0.1, -0.05) is 19.9 Å². The molecule has 1 aromatic rings. The van der Waals surface area contributed by atoms with Crippen molar-refractivity contribution in [1.29, 1.82) is 0 Å². The van der Waals surface area contributed by atoms with Gasteiger partial charge in [-0.05, 0) is 40.9 Å². The largest absolute Gasteiger partial charge is 0.337 e. The lowest BCUT2D eigenvalue weighted by Crippen LogP contribution is -2.34. The van der Waals surface area contributed by atoms with Gasteiger partial charge in [0.1, 0.15) is 10.3 Å². The van der Waals surface area contributed by atoms with Crippen molar-refractivity contribution in [3.8, 4) is 0 Å². The first-order valence-corrected chi connectivity index (χ1v) is 6.25. The Hall–Kier alpha value is -0.900. The Labute approximate surface area is 105 Å². The third-order valence-electron chi connectivity index (χ3n) is 2.19. The van der Waals surface area contributed by atoms with E-state index in [9.17, 15) is 4.79 Å². The minimum Gasteiger partial charge on any atom is -0.337 e. The zero-order valence-corrected chi connectivity index (χ0v) is 11.5. The first-order valence-electron chi connectivity index (χ1n) is 5.46. The van der Waals surface area contributed by atoms with Crippen molar-refractivity contribution in [2.45, 2.75) is 20.8 Å². The maximum atomic E-state index is 12.1. The van der Waals surface area contributed by atoms with E-state index < -0.39 is 0 Å². The lowest BCUT2D eigenvalue weighted by Gasteiger charge is -2.22. The highest BCUT2D eigenvalue weighted by Crippen LogP contribution is 2.09. The second-order valence-corrected chi connectivity index (χ2v) is 4.90. The van der Waals surface area contributed by atoms with E-state index >= 15 is 0 Å². The molecular weight excluding hydrogens is 268 g/mol. The maximum Gasteiger partial charge on any atom is 0.272 e. The van der Waals surface area contributed by atoms with Gasteiger partial charge in [0.25, 0.3) is 5.91 Å². The Morgan fingerprint density at radius 1 is 1.50 bits per heavy atom. The standard InChI is InChI=1S/C12H17BrN2O/c1-4-15(8-9(2)3)12(16)10-6-5-7-11(13)14-10/h5-7,9H,4,8H2,1-3H3. The van der Waals surface area contributed by atoms with Crippen LogP contribution in [0.2, 0.25) is 0 Å². The number of hydrogen-bond acceptors (Lipinski definition) is 2. The molecule has 0 aliphatic rings. The van der Waals surface area contributed by atoms with Crippen molar-refractivity contribution in [3.63, 3.8) is 0 Å². The summed E-state index contributed by atoms with van der Waals surface area (Å²) in [5, 5.41) is 0. The van der Waals surface area contributed by atoms with E-state index in [4.69, 9.17) is 0 Å². The minimum atomic E-state index is -0.00231. The molecule has 0 N–H and O–H groups in total. The van der Waals surface area contributed by atoms with E-state index in [0.717, 1.165) is 6.54 Å². The lowest BCUT2D eigenvalue weighted by atomic mass is 10.2. The van der Waals surface area contributed by atoms with Crippen molar-refractivity contribution in [3.05, 3.63) is 28.5 Å². The normalized spacial score (nSPS) is 10.6. The Morgan fingerprint density at radius 2 is 2.19 bits per heavy atom. The highest BCUT2D eigenvalue weighted by Gasteiger charge is 2.16. The van der Waals surface area contributed by atoms with Crippen LogP contribution in [-0.2, 0) is 0 Å². The SMILES string of the molecule is CCN(CC(C)C)C(=O)c1cccc(Br)n1. The first-order chi connectivity index (χ1) is 7.54. The summed E-state index contributed by atoms with van der Waals surface area (Å²) in [6.45, 7) is 7.67. The molecule has 0 radical (unpaired) electrons. The molecule has 0 aromatic carbocycles. The summed E-state index contributed by atoms with van der Waals surface area (Å²) < 4.78 is 0.693. The van der Waals surface area contributed by atoms with Crippen molar-refractivity contribution in [1.82, 2.24) is 9.88 Å². The van der Waals surface area contributed by atoms with E-state index in [1.165, 1.54) is 0 Å². The molecule has 0 fully saturated rings. The molecule has 1 heterocycles. The molecule has 0 saturated carbocycles. The first kappa shape index (κ1) is 13.2. The number of hydrogen-bond donors (Lipinski definition) is 0. The average Bonchev–Trinajstić information content (AvgIpc) is 2.24. The van der Waals surface area contributed by atoms with Crippen molar-refractivity contribution < 1.29 is 4.79 Å². The summed E-state index contributed by atoms with van der Waals surface area (Å²) in [4.78, 5) is 18.1. The van der Waals surface area contributed by atoms with Crippen LogP contribution in [0.15, 0.2) is 22.8 Å². The Morgan fingerprint density at radius 3 is 2.69 bits per heavy atom. The van der Waals surface area contributed by atoms with Crippen LogP contribution in [0, 0.1) is 5.92 Å². The molecule has 4 heteroatoms. The Kier molecular flexibility index (Phi) is 4.93. The molecule has 0 bridgehead atoms. The summed E-state index contributed by atoms with van der Waals surface area (Å²) in [6.07, 6.45) is 0. The maximum absolute atomic E-state index is 12.1. The Balaban J connectivity index is 2.82. The van der Waals surface area contributed by atoms with Crippen molar-refractivity contribution in [2.75, 3.05) is 13.1 Å². The van der Waals surface area contributed by atoms with E-state index in [-0.39, 0.29) is 5.91 Å². The summed E-state index contributed by atoms with van der Waals surface area (Å²) >= 11 is 3.27. The number of nitrogens with zero attached hydrogens (tertiary/aromatic N) is 2. The number of halogens is 1. The average molecular weight is 285 g/mol. The van der Waals surface area contributed by atoms with Gasteiger partial charge in [-0.15, -0.1) is 0 Å². The smallest absolute Gasteiger partial charge is 0.272 e. The highest BCUT2D eigenvalue weighted by atomic mass is 79.9. The van der Waals surface area contributed by atoms with Crippen LogP contribution in [0.25, 0.3) is 0 Å². The molecule has 0 aliphatic heterocycles. The molecule has 88 valence electrons. The summed E-state index contributed by atoms with van der Waals surface area (Å²) in [5.41, 5.74) is 0.497. The number of pyridine rings is 1. The zero-order chi connectivity index (χ0) is 12.1. The zero-order valence-electron chi connectivity index (χ0n) is 9.90. The third-order valence-corrected chi connectivity index (χ3v) is 2.63. The highest BCUT2D eigenvalue weighted by molar-refractivity contribution is 9.10. The summed E-state index contributed by atoms with van der Waals surface area (Å²) in [6, 6.07) is 5.39. The topological polar surface area (TPSA) is 33.2 Å². The third kappa shape index (κ3) is 3.59. The van der Waals surface area contributed by atoms with E-state index in [2.05, 4.69) is 34.8 Å². The molecule has 1 amide bonds. The molecule has 3 nitrogen and oxygen atoms in total. The molecule has 1 rings (SSSR count). The van der Waals surface area contributed by atoms with Crippen LogP contribution in [0.5, 0.6) is 0 Å². The second-order valence-electron chi connectivity index (χ2n) is 4.08. The molecular formula is C12H17BrN2O. The molecule has 0 spiro atoms. The predicted octanol–water partition coefficient (Wildman–Crippen LogP) is 2.96. The van der Waals surface area contributed by atoms with Gasteiger partial charge in [0, 0.05) is 13.1 Å². The van der Waals surface area contributed by atoms with E-state index in [0.29, 0.717) is 22.8 Å². The van der Waals surface area contributed by atoms with Crippen LogP contribution < -0.4 is 0 Å². The summed E-state index contributed by atoms with van der Waals surface area (Å²) in [7, 11) is 0. The Bertz CT molecular complexity index is 366. The van der Waals surface area contributed by atoms with E-state index in [1.54, 1.807) is 6.07 Å². The van der Waals surface area contributed by atoms with Gasteiger partial charge in [-0.3, -0.25) is 4.79 Å². The minimum absolute atomic E-state index is 0.00231. The van der Waals surface area contributed by atoms with Crippen molar-refractivity contribution in [2.24, 2.45) is 5.92 Å². The lowest BCUT2D eigenvalue weighted by molar-refractivity contribution is 0.0739. The fourth-order valence-corrected chi connectivity index (χ4v) is 1.83. The molecule has 0 atom stereocenters. The molecule has 1 aromatic heterocycles. The fourth-order valence-electron chi connectivity index (χ4n) is 1.49. The van der Waals surface area contributed by atoms with Crippen LogP contribution in [0.1, 0.15) is 31.3 Å². The van der Waals surface area contributed by atoms with Crippen LogP contribution in [0.3, 0.4) is 0 Å². The molecule has 0 aliphatic carbocycles. The van der Waals surface area contributed by atoms with Gasteiger partial charge in [-0.25, -0.2) is 4.98 Å². The van der Waals surface area contributed by atoms with Crippen LogP contribution in [-0.4, -0.2) is 28.9 Å². The van der Waals surface area contributed by atoms with Crippen LogP contribution >= 0.6 is 15.9 Å². The molecule has 0 unspecified atom stereocenters. The van der Waals surface area contributed by atoms with Gasteiger partial charge in [0.2, 0.25) is 0 Å². The van der Waals surface area contributed by atoms with Gasteiger partial charge in [-0.2, -0.15) is 0 Å². The number of carbonyl (C=O) groups excluding carboxylic acids is 1. The number of rotatable bonds is 4. The van der Waals surface area contributed by atoms with Gasteiger partial charge in [0.05, 0.1) is 0 Å². The number of amides is 1. The monoisotopic (exact) mass is 284 g/mol. The van der Waals surface area contributed by atoms with Crippen LogP contribution in [0.4, 0.5) is 0 Å². The quantitative estimate of drug-likeness (QED) is 0.797. The fraction of sp³-hybridized carbons (Fsp3) is 0.500. The molecule has 0 saturated heterocycles. The van der Waals surface area contributed by atoms with E-state index in [1.807, 2.05) is 24.0 Å². The van der Waals surface area contributed by atoms with Gasteiger partial charge < -0.3 is 4.90 Å². The molecule has 16 heavy (non-hydrogen) atoms. The number of aromatic nitrogens is 1. The predicted molar refractivity (Wildman–Crippen MR) is 68.4 cm³/mol. The second kappa shape index (κ2) is 5.99.